The van der Waals surface area contributed by atoms with Gasteiger partial charge in [0.25, 0.3) is 0 Å². The van der Waals surface area contributed by atoms with Crippen molar-refractivity contribution in [3.8, 4) is 11.8 Å². The third-order valence-electron chi connectivity index (χ3n) is 1.91. The van der Waals surface area contributed by atoms with Gasteiger partial charge in [-0.3, -0.25) is 0 Å². The summed E-state index contributed by atoms with van der Waals surface area (Å²) in [7, 11) is 1.64. The van der Waals surface area contributed by atoms with Gasteiger partial charge in [-0.05, 0) is 24.3 Å². The van der Waals surface area contributed by atoms with Crippen molar-refractivity contribution in [3.05, 3.63) is 29.8 Å². The molecule has 0 aliphatic carbocycles. The van der Waals surface area contributed by atoms with Gasteiger partial charge in [0.1, 0.15) is 12.4 Å². The molecule has 0 aliphatic rings. The zero-order chi connectivity index (χ0) is 11.6. The summed E-state index contributed by atoms with van der Waals surface area (Å²) in [6, 6.07) is 9.04. The fraction of sp³-hybridized carbons (Fsp3) is 0.417. The standard InChI is InChI=1S/C12H15NO3/c1-14-6-7-15-8-9-16-12-4-2-11(10-13)3-5-12/h2-5H,6-9H2,1H3. The first-order chi connectivity index (χ1) is 7.86. The summed E-state index contributed by atoms with van der Waals surface area (Å²) in [4.78, 5) is 0. The molecule has 0 atom stereocenters. The van der Waals surface area contributed by atoms with Crippen molar-refractivity contribution in [1.82, 2.24) is 0 Å². The van der Waals surface area contributed by atoms with Crippen LogP contribution in [0, 0.1) is 11.3 Å². The molecule has 1 aromatic carbocycles. The van der Waals surface area contributed by atoms with Gasteiger partial charge in [0.2, 0.25) is 0 Å². The fourth-order valence-electron chi connectivity index (χ4n) is 1.09. The van der Waals surface area contributed by atoms with E-state index in [-0.39, 0.29) is 0 Å². The first-order valence-electron chi connectivity index (χ1n) is 5.06. The maximum atomic E-state index is 8.60. The Bertz CT molecular complexity index is 329. The monoisotopic (exact) mass is 221 g/mol. The second-order valence-electron chi connectivity index (χ2n) is 3.09. The lowest BCUT2D eigenvalue weighted by atomic mass is 10.2. The molecule has 0 amide bonds. The van der Waals surface area contributed by atoms with Gasteiger partial charge in [-0.15, -0.1) is 0 Å². The van der Waals surface area contributed by atoms with Crippen LogP contribution in [0.15, 0.2) is 24.3 Å². The van der Waals surface area contributed by atoms with E-state index in [9.17, 15) is 0 Å². The molecule has 0 saturated carbocycles. The Morgan fingerprint density at radius 2 is 1.75 bits per heavy atom. The highest BCUT2D eigenvalue weighted by Crippen LogP contribution is 2.10. The molecule has 16 heavy (non-hydrogen) atoms. The molecule has 4 nitrogen and oxygen atoms in total. The zero-order valence-corrected chi connectivity index (χ0v) is 9.31. The third kappa shape index (κ3) is 4.78. The molecular formula is C12H15NO3. The first kappa shape index (κ1) is 12.5. The average molecular weight is 221 g/mol. The van der Waals surface area contributed by atoms with Crippen LogP contribution in [0.1, 0.15) is 5.56 Å². The quantitative estimate of drug-likeness (QED) is 0.656. The maximum Gasteiger partial charge on any atom is 0.119 e. The second kappa shape index (κ2) is 7.69. The Labute approximate surface area is 95.4 Å². The molecule has 0 saturated heterocycles. The minimum absolute atomic E-state index is 0.496. The highest BCUT2D eigenvalue weighted by Gasteiger charge is 1.94. The van der Waals surface area contributed by atoms with Gasteiger partial charge in [-0.2, -0.15) is 5.26 Å². The number of hydrogen-bond donors (Lipinski definition) is 0. The molecule has 86 valence electrons. The van der Waals surface area contributed by atoms with E-state index in [0.717, 1.165) is 5.75 Å². The van der Waals surface area contributed by atoms with Crippen LogP contribution in [-0.4, -0.2) is 33.5 Å². The number of nitrogens with zero attached hydrogens (tertiary/aromatic N) is 1. The number of nitriles is 1. The number of rotatable bonds is 7. The SMILES string of the molecule is COCCOCCOc1ccc(C#N)cc1. The molecule has 1 aromatic rings. The van der Waals surface area contributed by atoms with E-state index in [2.05, 4.69) is 6.07 Å². The summed E-state index contributed by atoms with van der Waals surface area (Å²) in [6.07, 6.45) is 0. The molecule has 0 N–H and O–H groups in total. The van der Waals surface area contributed by atoms with Crippen molar-refractivity contribution in [2.24, 2.45) is 0 Å². The average Bonchev–Trinajstić information content (AvgIpc) is 2.34. The van der Waals surface area contributed by atoms with E-state index in [1.807, 2.05) is 0 Å². The normalized spacial score (nSPS) is 9.75. The van der Waals surface area contributed by atoms with Crippen molar-refractivity contribution >= 4 is 0 Å². The van der Waals surface area contributed by atoms with Gasteiger partial charge >= 0.3 is 0 Å². The van der Waals surface area contributed by atoms with Crippen molar-refractivity contribution < 1.29 is 14.2 Å². The Kier molecular flexibility index (Phi) is 6.00. The number of methoxy groups -OCH3 is 1. The number of benzene rings is 1. The molecule has 0 fully saturated rings. The maximum absolute atomic E-state index is 8.60. The molecule has 1 rings (SSSR count). The zero-order valence-electron chi connectivity index (χ0n) is 9.31. The summed E-state index contributed by atoms with van der Waals surface area (Å²) in [5.74, 6) is 0.745. The van der Waals surface area contributed by atoms with Crippen LogP contribution in [0.2, 0.25) is 0 Å². The molecule has 0 aliphatic heterocycles. The van der Waals surface area contributed by atoms with Crippen molar-refractivity contribution in [3.63, 3.8) is 0 Å². The molecule has 0 radical (unpaired) electrons. The lowest BCUT2D eigenvalue weighted by Gasteiger charge is -2.06. The number of hydrogen-bond acceptors (Lipinski definition) is 4. The molecule has 0 bridgehead atoms. The van der Waals surface area contributed by atoms with Gasteiger partial charge in [0.05, 0.1) is 31.5 Å². The van der Waals surface area contributed by atoms with Gasteiger partial charge < -0.3 is 14.2 Å². The Hall–Kier alpha value is -1.57. The second-order valence-corrected chi connectivity index (χ2v) is 3.09. The van der Waals surface area contributed by atoms with Crippen LogP contribution in [-0.2, 0) is 9.47 Å². The van der Waals surface area contributed by atoms with Crippen LogP contribution in [0.5, 0.6) is 5.75 Å². The van der Waals surface area contributed by atoms with E-state index in [0.29, 0.717) is 32.0 Å². The van der Waals surface area contributed by atoms with Gasteiger partial charge in [0, 0.05) is 7.11 Å². The van der Waals surface area contributed by atoms with Crippen LogP contribution < -0.4 is 4.74 Å². The summed E-state index contributed by atoms with van der Waals surface area (Å²) in [5.41, 5.74) is 0.628. The highest BCUT2D eigenvalue weighted by atomic mass is 16.5. The van der Waals surface area contributed by atoms with E-state index in [1.54, 1.807) is 31.4 Å². The summed E-state index contributed by atoms with van der Waals surface area (Å²) < 4.78 is 15.5. The third-order valence-corrected chi connectivity index (χ3v) is 1.91. The van der Waals surface area contributed by atoms with Gasteiger partial charge in [-0.1, -0.05) is 0 Å². The molecule has 4 heteroatoms. The van der Waals surface area contributed by atoms with Gasteiger partial charge in [0.15, 0.2) is 0 Å². The van der Waals surface area contributed by atoms with E-state index in [4.69, 9.17) is 19.5 Å². The summed E-state index contributed by atoms with van der Waals surface area (Å²) in [5, 5.41) is 8.60. The van der Waals surface area contributed by atoms with Crippen LogP contribution in [0.4, 0.5) is 0 Å². The van der Waals surface area contributed by atoms with Crippen molar-refractivity contribution in [2.75, 3.05) is 33.5 Å². The fourth-order valence-corrected chi connectivity index (χ4v) is 1.09. The molecule has 0 aromatic heterocycles. The predicted octanol–water partition coefficient (Wildman–Crippen LogP) is 1.60. The topological polar surface area (TPSA) is 51.5 Å². The Morgan fingerprint density at radius 3 is 2.38 bits per heavy atom. The van der Waals surface area contributed by atoms with Gasteiger partial charge in [-0.25, -0.2) is 0 Å². The van der Waals surface area contributed by atoms with Crippen molar-refractivity contribution in [2.45, 2.75) is 0 Å². The van der Waals surface area contributed by atoms with Crippen molar-refractivity contribution in [1.29, 1.82) is 5.26 Å². The van der Waals surface area contributed by atoms with Crippen LogP contribution >= 0.6 is 0 Å². The summed E-state index contributed by atoms with van der Waals surface area (Å²) in [6.45, 7) is 2.20. The Morgan fingerprint density at radius 1 is 1.06 bits per heavy atom. The predicted molar refractivity (Wildman–Crippen MR) is 59.3 cm³/mol. The van der Waals surface area contributed by atoms with E-state index in [1.165, 1.54) is 0 Å². The molecule has 0 spiro atoms. The molecule has 0 unspecified atom stereocenters. The molecular weight excluding hydrogens is 206 g/mol. The lowest BCUT2D eigenvalue weighted by Crippen LogP contribution is -2.09. The van der Waals surface area contributed by atoms with E-state index >= 15 is 0 Å². The lowest BCUT2D eigenvalue weighted by molar-refractivity contribution is 0.0544. The smallest absolute Gasteiger partial charge is 0.119 e. The van der Waals surface area contributed by atoms with E-state index < -0.39 is 0 Å². The number of ether oxygens (including phenoxy) is 3. The van der Waals surface area contributed by atoms with Crippen LogP contribution in [0.25, 0.3) is 0 Å². The minimum Gasteiger partial charge on any atom is -0.491 e. The first-order valence-corrected chi connectivity index (χ1v) is 5.06. The highest BCUT2D eigenvalue weighted by molar-refractivity contribution is 5.34. The molecule has 0 heterocycles. The summed E-state index contributed by atoms with van der Waals surface area (Å²) >= 11 is 0. The minimum atomic E-state index is 0.496. The van der Waals surface area contributed by atoms with Crippen LogP contribution in [0.3, 0.4) is 0 Å². The largest absolute Gasteiger partial charge is 0.491 e. The Balaban J connectivity index is 2.15.